The number of aromatic nitrogens is 2. The molecule has 2 N–H and O–H groups in total. The number of nitrogens with zero attached hydrogens (tertiary/aromatic N) is 2. The maximum absolute atomic E-state index is 11.4. The van der Waals surface area contributed by atoms with Gasteiger partial charge in [-0.25, -0.2) is 4.98 Å². The molecule has 2 heterocycles. The second-order valence-corrected chi connectivity index (χ2v) is 5.74. The average molecular weight is 311 g/mol. The normalized spacial score (nSPS) is 11.4. The van der Waals surface area contributed by atoms with Crippen molar-refractivity contribution in [1.29, 1.82) is 0 Å². The van der Waals surface area contributed by atoms with E-state index in [1.807, 2.05) is 12.1 Å². The van der Waals surface area contributed by atoms with Gasteiger partial charge in [-0.1, -0.05) is 13.8 Å². The Hall–Kier alpha value is -2.56. The van der Waals surface area contributed by atoms with Gasteiger partial charge in [0, 0.05) is 18.0 Å². The van der Waals surface area contributed by atoms with E-state index in [1.54, 1.807) is 24.7 Å². The van der Waals surface area contributed by atoms with Crippen molar-refractivity contribution in [2.45, 2.75) is 39.2 Å². The number of imidazole rings is 1. The SMILES string of the molecule is CCC(CC)n1c(Cc2ccoc2)nc2cc(C(N)=O)ccc21. The van der Waals surface area contributed by atoms with Gasteiger partial charge < -0.3 is 14.7 Å². The Morgan fingerprint density at radius 1 is 1.30 bits per heavy atom. The zero-order valence-electron chi connectivity index (χ0n) is 13.5. The van der Waals surface area contributed by atoms with Gasteiger partial charge in [-0.15, -0.1) is 0 Å². The van der Waals surface area contributed by atoms with Crippen LogP contribution in [-0.2, 0) is 6.42 Å². The molecule has 3 rings (SSSR count). The van der Waals surface area contributed by atoms with E-state index in [2.05, 4.69) is 18.4 Å². The molecule has 0 aliphatic rings. The summed E-state index contributed by atoms with van der Waals surface area (Å²) >= 11 is 0. The number of carbonyl (C=O) groups excluding carboxylic acids is 1. The molecule has 1 aromatic carbocycles. The fourth-order valence-electron chi connectivity index (χ4n) is 3.06. The van der Waals surface area contributed by atoms with Gasteiger partial charge in [0.1, 0.15) is 5.82 Å². The summed E-state index contributed by atoms with van der Waals surface area (Å²) in [6.07, 6.45) is 6.17. The lowest BCUT2D eigenvalue weighted by Gasteiger charge is -2.18. The van der Waals surface area contributed by atoms with Crippen LogP contribution in [0.25, 0.3) is 11.0 Å². The van der Waals surface area contributed by atoms with E-state index in [1.165, 1.54) is 0 Å². The van der Waals surface area contributed by atoms with Gasteiger partial charge >= 0.3 is 0 Å². The van der Waals surface area contributed by atoms with Gasteiger partial charge in [0.2, 0.25) is 5.91 Å². The second kappa shape index (κ2) is 6.28. The lowest BCUT2D eigenvalue weighted by Crippen LogP contribution is -2.12. The molecule has 0 bridgehead atoms. The summed E-state index contributed by atoms with van der Waals surface area (Å²) in [5.74, 6) is 0.553. The standard InChI is InChI=1S/C18H21N3O2/c1-3-14(4-2)21-16-6-5-13(18(19)22)10-15(16)20-17(21)9-12-7-8-23-11-12/h5-8,10-11,14H,3-4,9H2,1-2H3,(H2,19,22). The first-order chi connectivity index (χ1) is 11.1. The number of carbonyl (C=O) groups is 1. The third-order valence-electron chi connectivity index (χ3n) is 4.30. The summed E-state index contributed by atoms with van der Waals surface area (Å²) in [5, 5.41) is 0. The van der Waals surface area contributed by atoms with Crippen LogP contribution in [0.15, 0.2) is 41.2 Å². The summed E-state index contributed by atoms with van der Waals surface area (Å²) in [6, 6.07) is 7.81. The van der Waals surface area contributed by atoms with E-state index >= 15 is 0 Å². The molecule has 2 aromatic heterocycles. The third-order valence-corrected chi connectivity index (χ3v) is 4.30. The fourth-order valence-corrected chi connectivity index (χ4v) is 3.06. The number of fused-ring (bicyclic) bond motifs is 1. The molecule has 0 aliphatic heterocycles. The molecule has 3 aromatic rings. The first kappa shape index (κ1) is 15.3. The number of hydrogen-bond acceptors (Lipinski definition) is 3. The van der Waals surface area contributed by atoms with Crippen molar-refractivity contribution < 1.29 is 9.21 Å². The van der Waals surface area contributed by atoms with Gasteiger partial charge in [0.25, 0.3) is 0 Å². The van der Waals surface area contributed by atoms with Crippen LogP contribution in [0.1, 0.15) is 54.5 Å². The second-order valence-electron chi connectivity index (χ2n) is 5.74. The Balaban J connectivity index is 2.15. The molecule has 120 valence electrons. The zero-order valence-corrected chi connectivity index (χ0v) is 13.5. The highest BCUT2D eigenvalue weighted by atomic mass is 16.3. The highest BCUT2D eigenvalue weighted by Gasteiger charge is 2.18. The highest BCUT2D eigenvalue weighted by Crippen LogP contribution is 2.27. The maximum atomic E-state index is 11.4. The van der Waals surface area contributed by atoms with Crippen molar-refractivity contribution in [2.75, 3.05) is 0 Å². The van der Waals surface area contributed by atoms with Gasteiger partial charge in [-0.3, -0.25) is 4.79 Å². The fraction of sp³-hybridized carbons (Fsp3) is 0.333. The average Bonchev–Trinajstić information content (AvgIpc) is 3.16. The number of hydrogen-bond donors (Lipinski definition) is 1. The monoisotopic (exact) mass is 311 g/mol. The van der Waals surface area contributed by atoms with Crippen molar-refractivity contribution in [2.24, 2.45) is 5.73 Å². The van der Waals surface area contributed by atoms with Crippen molar-refractivity contribution in [1.82, 2.24) is 9.55 Å². The quantitative estimate of drug-likeness (QED) is 0.754. The molecule has 1 amide bonds. The first-order valence-electron chi connectivity index (χ1n) is 7.95. The number of nitrogens with two attached hydrogens (primary N) is 1. The minimum Gasteiger partial charge on any atom is -0.472 e. The van der Waals surface area contributed by atoms with Crippen LogP contribution in [-0.4, -0.2) is 15.5 Å². The molecule has 0 aliphatic carbocycles. The number of primary amides is 1. The Kier molecular flexibility index (Phi) is 4.19. The van der Waals surface area contributed by atoms with Crippen LogP contribution in [0.4, 0.5) is 0 Å². The molecule has 0 atom stereocenters. The molecular formula is C18H21N3O2. The van der Waals surface area contributed by atoms with Gasteiger partial charge in [0.05, 0.1) is 23.6 Å². The molecule has 0 saturated heterocycles. The predicted octanol–water partition coefficient (Wildman–Crippen LogP) is 3.68. The van der Waals surface area contributed by atoms with Crippen LogP contribution in [0.3, 0.4) is 0 Å². The van der Waals surface area contributed by atoms with Gasteiger partial charge in [-0.05, 0) is 42.7 Å². The molecule has 5 heteroatoms. The molecule has 0 radical (unpaired) electrons. The minimum absolute atomic E-state index is 0.376. The van der Waals surface area contributed by atoms with Crippen LogP contribution in [0.2, 0.25) is 0 Å². The molecule has 0 saturated carbocycles. The smallest absolute Gasteiger partial charge is 0.248 e. The molecule has 23 heavy (non-hydrogen) atoms. The first-order valence-corrected chi connectivity index (χ1v) is 7.95. The predicted molar refractivity (Wildman–Crippen MR) is 89.4 cm³/mol. The number of amides is 1. The largest absolute Gasteiger partial charge is 0.472 e. The lowest BCUT2D eigenvalue weighted by atomic mass is 10.1. The summed E-state index contributed by atoms with van der Waals surface area (Å²) in [6.45, 7) is 4.36. The Morgan fingerprint density at radius 3 is 2.70 bits per heavy atom. The van der Waals surface area contributed by atoms with Crippen LogP contribution in [0.5, 0.6) is 0 Å². The van der Waals surface area contributed by atoms with Crippen molar-refractivity contribution >= 4 is 16.9 Å². The molecule has 5 nitrogen and oxygen atoms in total. The summed E-state index contributed by atoms with van der Waals surface area (Å²) < 4.78 is 7.45. The Morgan fingerprint density at radius 2 is 2.09 bits per heavy atom. The van der Waals surface area contributed by atoms with Crippen molar-refractivity contribution in [3.05, 3.63) is 53.7 Å². The highest BCUT2D eigenvalue weighted by molar-refractivity contribution is 5.96. The zero-order chi connectivity index (χ0) is 16.4. The van der Waals surface area contributed by atoms with Crippen molar-refractivity contribution in [3.8, 4) is 0 Å². The van der Waals surface area contributed by atoms with Gasteiger partial charge in [-0.2, -0.15) is 0 Å². The van der Waals surface area contributed by atoms with Gasteiger partial charge in [0.15, 0.2) is 0 Å². The van der Waals surface area contributed by atoms with Crippen LogP contribution >= 0.6 is 0 Å². The Labute approximate surface area is 135 Å². The summed E-state index contributed by atoms with van der Waals surface area (Å²) in [4.78, 5) is 16.2. The lowest BCUT2D eigenvalue weighted by molar-refractivity contribution is 0.100. The number of rotatable bonds is 6. The topological polar surface area (TPSA) is 74.1 Å². The van der Waals surface area contributed by atoms with E-state index in [9.17, 15) is 4.79 Å². The minimum atomic E-state index is -0.430. The van der Waals surface area contributed by atoms with E-state index in [0.29, 0.717) is 18.0 Å². The summed E-state index contributed by atoms with van der Waals surface area (Å²) in [5.41, 5.74) is 8.81. The van der Waals surface area contributed by atoms with Crippen molar-refractivity contribution in [3.63, 3.8) is 0 Å². The number of furan rings is 1. The summed E-state index contributed by atoms with van der Waals surface area (Å²) in [7, 11) is 0. The third kappa shape index (κ3) is 2.86. The Bertz CT molecular complexity index is 814. The van der Waals surface area contributed by atoms with Crippen LogP contribution < -0.4 is 5.73 Å². The van der Waals surface area contributed by atoms with E-state index in [0.717, 1.165) is 35.3 Å². The van der Waals surface area contributed by atoms with E-state index in [-0.39, 0.29) is 0 Å². The number of benzene rings is 1. The van der Waals surface area contributed by atoms with Crippen LogP contribution in [0, 0.1) is 0 Å². The van der Waals surface area contributed by atoms with E-state index in [4.69, 9.17) is 15.1 Å². The molecule has 0 unspecified atom stereocenters. The van der Waals surface area contributed by atoms with E-state index < -0.39 is 5.91 Å². The molecular weight excluding hydrogens is 290 g/mol. The molecule has 0 fully saturated rings. The maximum Gasteiger partial charge on any atom is 0.248 e. The molecule has 0 spiro atoms.